The van der Waals surface area contributed by atoms with Crippen LogP contribution in [-0.2, 0) is 14.2 Å². The van der Waals surface area contributed by atoms with E-state index in [1.165, 1.54) is 23.9 Å². The van der Waals surface area contributed by atoms with Crippen LogP contribution in [0, 0.1) is 0 Å². The summed E-state index contributed by atoms with van der Waals surface area (Å²) in [7, 11) is 1.25. The van der Waals surface area contributed by atoms with Crippen LogP contribution < -0.4 is 16.4 Å². The number of hydrogen-bond acceptors (Lipinski definition) is 7. The molecule has 1 aromatic heterocycles. The lowest BCUT2D eigenvalue weighted by Gasteiger charge is -2.25. The molecule has 0 aromatic carbocycles. The molecule has 0 spiro atoms. The molecular weight excluding hydrogens is 342 g/mol. The Hall–Kier alpha value is -2.55. The Morgan fingerprint density at radius 1 is 1.27 bits per heavy atom. The zero-order valence-electron chi connectivity index (χ0n) is 15.5. The topological polar surface area (TPSA) is 108 Å². The molecule has 0 bridgehead atoms. The lowest BCUT2D eigenvalue weighted by molar-refractivity contribution is 0.0535. The zero-order chi connectivity index (χ0) is 19.3. The number of anilines is 1. The molecule has 2 rings (SSSR count). The van der Waals surface area contributed by atoms with Gasteiger partial charge in [-0.15, -0.1) is 0 Å². The largest absolute Gasteiger partial charge is 0.465 e. The van der Waals surface area contributed by atoms with Gasteiger partial charge in [0, 0.05) is 31.5 Å². The summed E-state index contributed by atoms with van der Waals surface area (Å²) >= 11 is 0. The van der Waals surface area contributed by atoms with Crippen LogP contribution >= 0.6 is 0 Å². The number of carbonyl (C=O) groups is 2. The van der Waals surface area contributed by atoms with E-state index in [1.807, 2.05) is 0 Å². The van der Waals surface area contributed by atoms with E-state index >= 15 is 0 Å². The van der Waals surface area contributed by atoms with Gasteiger partial charge in [0.15, 0.2) is 0 Å². The maximum atomic E-state index is 12.5. The first-order valence-electron chi connectivity index (χ1n) is 8.38. The molecule has 9 heteroatoms. The predicted molar refractivity (Wildman–Crippen MR) is 94.1 cm³/mol. The highest BCUT2D eigenvalue weighted by atomic mass is 16.6. The van der Waals surface area contributed by atoms with Crippen molar-refractivity contribution in [3.8, 4) is 0 Å². The number of pyridine rings is 1. The summed E-state index contributed by atoms with van der Waals surface area (Å²) in [5.41, 5.74) is 4.17. The summed E-state index contributed by atoms with van der Waals surface area (Å²) in [6.07, 6.45) is 2.08. The molecule has 2 N–H and O–H groups in total. The van der Waals surface area contributed by atoms with Gasteiger partial charge < -0.3 is 18.8 Å². The van der Waals surface area contributed by atoms with Crippen molar-refractivity contribution in [3.05, 3.63) is 28.2 Å². The van der Waals surface area contributed by atoms with Crippen molar-refractivity contribution in [2.45, 2.75) is 45.3 Å². The van der Waals surface area contributed by atoms with Crippen LogP contribution in [0.1, 0.15) is 50.0 Å². The Morgan fingerprint density at radius 2 is 1.92 bits per heavy atom. The van der Waals surface area contributed by atoms with E-state index < -0.39 is 17.7 Å². The smallest absolute Gasteiger partial charge is 0.426 e. The Kier molecular flexibility index (Phi) is 6.25. The van der Waals surface area contributed by atoms with Crippen LogP contribution in [0.3, 0.4) is 0 Å². The lowest BCUT2D eigenvalue weighted by Crippen LogP contribution is -2.37. The van der Waals surface area contributed by atoms with Crippen molar-refractivity contribution < 1.29 is 23.8 Å². The summed E-state index contributed by atoms with van der Waals surface area (Å²) < 4.78 is 16.7. The summed E-state index contributed by atoms with van der Waals surface area (Å²) in [6.45, 7) is 6.29. The summed E-state index contributed by atoms with van der Waals surface area (Å²) in [4.78, 5) is 36.3. The van der Waals surface area contributed by atoms with Gasteiger partial charge >= 0.3 is 12.1 Å². The molecule has 0 radical (unpaired) electrons. The number of nitrogens with zero attached hydrogens (tertiary/aromatic N) is 1. The zero-order valence-corrected chi connectivity index (χ0v) is 15.5. The fourth-order valence-electron chi connectivity index (χ4n) is 2.59. The van der Waals surface area contributed by atoms with Crippen LogP contribution in [-0.4, -0.2) is 42.6 Å². The first kappa shape index (κ1) is 19.8. The van der Waals surface area contributed by atoms with Crippen LogP contribution in [0.25, 0.3) is 0 Å². The number of esters is 1. The molecule has 9 nitrogen and oxygen atoms in total. The van der Waals surface area contributed by atoms with Gasteiger partial charge in [0.1, 0.15) is 11.2 Å². The SMILES string of the molecule is COC(=O)c1cn(C2CCOCC2)c(=O)cc1NNC(=O)OC(C)(C)C. The number of aromatic nitrogens is 1. The van der Waals surface area contributed by atoms with Gasteiger partial charge in [0.25, 0.3) is 5.56 Å². The fourth-order valence-corrected chi connectivity index (χ4v) is 2.59. The van der Waals surface area contributed by atoms with Gasteiger partial charge in [-0.2, -0.15) is 0 Å². The molecule has 1 aromatic rings. The second-order valence-corrected chi connectivity index (χ2v) is 6.93. The highest BCUT2D eigenvalue weighted by Crippen LogP contribution is 2.22. The number of hydrogen-bond donors (Lipinski definition) is 2. The molecular formula is C17H25N3O6. The van der Waals surface area contributed by atoms with Gasteiger partial charge in [0.2, 0.25) is 0 Å². The predicted octanol–water partition coefficient (Wildman–Crippen LogP) is 1.84. The number of carbonyl (C=O) groups excluding carboxylic acids is 2. The third-order valence-corrected chi connectivity index (χ3v) is 3.77. The van der Waals surface area contributed by atoms with Gasteiger partial charge in [-0.1, -0.05) is 0 Å². The monoisotopic (exact) mass is 367 g/mol. The quantitative estimate of drug-likeness (QED) is 0.617. The van der Waals surface area contributed by atoms with E-state index in [0.717, 1.165) is 0 Å². The van der Waals surface area contributed by atoms with Gasteiger partial charge in [-0.05, 0) is 33.6 Å². The summed E-state index contributed by atoms with van der Waals surface area (Å²) in [5.74, 6) is -0.626. The molecule has 0 aliphatic carbocycles. The van der Waals surface area contributed by atoms with Gasteiger partial charge in [0.05, 0.1) is 12.8 Å². The normalized spacial score (nSPS) is 15.2. The third kappa shape index (κ3) is 5.22. The van der Waals surface area contributed by atoms with Crippen molar-refractivity contribution in [1.29, 1.82) is 0 Å². The minimum atomic E-state index is -0.734. The molecule has 144 valence electrons. The number of ether oxygens (including phenoxy) is 3. The van der Waals surface area contributed by atoms with Gasteiger partial charge in [-0.25, -0.2) is 15.0 Å². The molecule has 0 saturated carbocycles. The molecule has 1 aliphatic heterocycles. The standard InChI is InChI=1S/C17H25N3O6/c1-17(2,3)26-16(23)19-18-13-9-14(21)20(10-12(13)15(22)24-4)11-5-7-25-8-6-11/h9-11,18H,5-8H2,1-4H3,(H,19,23). The third-order valence-electron chi connectivity index (χ3n) is 3.77. The van der Waals surface area contributed by atoms with Gasteiger partial charge in [-0.3, -0.25) is 10.2 Å². The molecule has 1 saturated heterocycles. The highest BCUT2D eigenvalue weighted by Gasteiger charge is 2.22. The summed E-state index contributed by atoms with van der Waals surface area (Å²) in [5, 5.41) is 0. The minimum absolute atomic E-state index is 0.0486. The van der Waals surface area contributed by atoms with Crippen molar-refractivity contribution in [2.75, 3.05) is 25.7 Å². The Labute approximate surface area is 151 Å². The molecule has 0 unspecified atom stereocenters. The first-order valence-corrected chi connectivity index (χ1v) is 8.38. The average molecular weight is 367 g/mol. The van der Waals surface area contributed by atoms with E-state index in [9.17, 15) is 14.4 Å². The lowest BCUT2D eigenvalue weighted by atomic mass is 10.1. The second-order valence-electron chi connectivity index (χ2n) is 6.93. The second kappa shape index (κ2) is 8.22. The molecule has 1 fully saturated rings. The Balaban J connectivity index is 2.24. The van der Waals surface area contributed by atoms with E-state index in [-0.39, 0.29) is 22.9 Å². The maximum Gasteiger partial charge on any atom is 0.426 e. The van der Waals surface area contributed by atoms with E-state index in [2.05, 4.69) is 10.9 Å². The van der Waals surface area contributed by atoms with E-state index in [1.54, 1.807) is 20.8 Å². The number of amides is 1. The minimum Gasteiger partial charge on any atom is -0.465 e. The average Bonchev–Trinajstić information content (AvgIpc) is 2.58. The highest BCUT2D eigenvalue weighted by molar-refractivity contribution is 5.95. The summed E-state index contributed by atoms with van der Waals surface area (Å²) in [6, 6.07) is 1.20. The number of nitrogens with one attached hydrogen (secondary N) is 2. The Morgan fingerprint density at radius 3 is 2.50 bits per heavy atom. The van der Waals surface area contributed by atoms with Crippen LogP contribution in [0.15, 0.2) is 17.1 Å². The van der Waals surface area contributed by atoms with Crippen LogP contribution in [0.2, 0.25) is 0 Å². The van der Waals surface area contributed by atoms with Crippen molar-refractivity contribution >= 4 is 17.7 Å². The fraction of sp³-hybridized carbons (Fsp3) is 0.588. The van der Waals surface area contributed by atoms with Crippen LogP contribution in [0.4, 0.5) is 10.5 Å². The molecule has 26 heavy (non-hydrogen) atoms. The van der Waals surface area contributed by atoms with E-state index in [0.29, 0.717) is 26.1 Å². The van der Waals surface area contributed by atoms with E-state index in [4.69, 9.17) is 14.2 Å². The molecule has 1 amide bonds. The number of hydrazine groups is 1. The molecule has 0 atom stereocenters. The first-order chi connectivity index (χ1) is 12.2. The maximum absolute atomic E-state index is 12.5. The van der Waals surface area contributed by atoms with Crippen molar-refractivity contribution in [3.63, 3.8) is 0 Å². The number of rotatable bonds is 4. The van der Waals surface area contributed by atoms with Crippen molar-refractivity contribution in [1.82, 2.24) is 9.99 Å². The molecule has 2 heterocycles. The molecule has 1 aliphatic rings. The van der Waals surface area contributed by atoms with Crippen LogP contribution in [0.5, 0.6) is 0 Å². The Bertz CT molecular complexity index is 716. The number of methoxy groups -OCH3 is 1. The van der Waals surface area contributed by atoms with Crippen molar-refractivity contribution in [2.24, 2.45) is 0 Å².